The molecule has 0 aliphatic rings. The van der Waals surface area contributed by atoms with Gasteiger partial charge in [0.05, 0.1) is 5.69 Å². The number of hydrogen-bond acceptors (Lipinski definition) is 2. The molecule has 0 N–H and O–H groups in total. The summed E-state index contributed by atoms with van der Waals surface area (Å²) in [6.07, 6.45) is 9.18. The van der Waals surface area contributed by atoms with E-state index >= 15 is 0 Å². The third-order valence-electron chi connectivity index (χ3n) is 2.84. The second-order valence-corrected chi connectivity index (χ2v) is 4.08. The van der Waals surface area contributed by atoms with Crippen LogP contribution in [0.15, 0.2) is 54.9 Å². The van der Waals surface area contributed by atoms with Crippen LogP contribution in [0.5, 0.6) is 5.75 Å². The molecule has 3 rings (SSSR count). The van der Waals surface area contributed by atoms with E-state index in [0.717, 1.165) is 22.7 Å². The van der Waals surface area contributed by atoms with E-state index in [1.54, 1.807) is 0 Å². The zero-order chi connectivity index (χ0) is 13.1. The van der Waals surface area contributed by atoms with Gasteiger partial charge in [0, 0.05) is 18.0 Å². The van der Waals surface area contributed by atoms with Gasteiger partial charge in [-0.15, -0.1) is 6.42 Å². The number of rotatable bonds is 3. The summed E-state index contributed by atoms with van der Waals surface area (Å²) in [5, 5.41) is 0. The Balaban J connectivity index is 2.08. The van der Waals surface area contributed by atoms with Gasteiger partial charge < -0.3 is 9.14 Å². The first-order chi connectivity index (χ1) is 9.38. The van der Waals surface area contributed by atoms with E-state index in [0.29, 0.717) is 0 Å². The monoisotopic (exact) mass is 248 g/mol. The fourth-order valence-electron chi connectivity index (χ4n) is 1.99. The molecule has 0 radical (unpaired) electrons. The van der Waals surface area contributed by atoms with Crippen LogP contribution in [0, 0.1) is 12.3 Å². The van der Waals surface area contributed by atoms with Crippen LogP contribution in [0.4, 0.5) is 0 Å². The number of imidazole rings is 1. The molecule has 0 unspecified atom stereocenters. The molecule has 0 atom stereocenters. The van der Waals surface area contributed by atoms with Crippen molar-refractivity contribution in [3.63, 3.8) is 0 Å². The Morgan fingerprint density at radius 2 is 2.00 bits per heavy atom. The maximum Gasteiger partial charge on any atom is 0.148 e. The number of ether oxygens (including phenoxy) is 1. The third kappa shape index (κ3) is 2.16. The Labute approximate surface area is 111 Å². The van der Waals surface area contributed by atoms with Gasteiger partial charge in [0.25, 0.3) is 0 Å². The lowest BCUT2D eigenvalue weighted by atomic mass is 10.1. The van der Waals surface area contributed by atoms with Crippen molar-refractivity contribution in [2.45, 2.75) is 0 Å². The van der Waals surface area contributed by atoms with Gasteiger partial charge in [-0.25, -0.2) is 4.98 Å². The minimum absolute atomic E-state index is 0.254. The lowest BCUT2D eigenvalue weighted by Gasteiger charge is -2.06. The number of pyridine rings is 1. The van der Waals surface area contributed by atoms with E-state index < -0.39 is 0 Å². The molecule has 0 saturated carbocycles. The predicted octanol–water partition coefficient (Wildman–Crippen LogP) is 3.01. The summed E-state index contributed by atoms with van der Waals surface area (Å²) in [4.78, 5) is 4.58. The summed E-state index contributed by atoms with van der Waals surface area (Å²) in [6.45, 7) is 0.254. The number of nitrogens with zero attached hydrogens (tertiary/aromatic N) is 2. The molecule has 0 saturated heterocycles. The van der Waals surface area contributed by atoms with Gasteiger partial charge in [0.2, 0.25) is 0 Å². The molecule has 0 aliphatic heterocycles. The largest absolute Gasteiger partial charge is 0.480 e. The van der Waals surface area contributed by atoms with Crippen LogP contribution in [0.2, 0.25) is 0 Å². The summed E-state index contributed by atoms with van der Waals surface area (Å²) < 4.78 is 7.53. The molecule has 0 bridgehead atoms. The van der Waals surface area contributed by atoms with Gasteiger partial charge in [-0.2, -0.15) is 0 Å². The molecule has 19 heavy (non-hydrogen) atoms. The molecule has 92 valence electrons. The lowest BCUT2D eigenvalue weighted by Crippen LogP contribution is -1.95. The standard InChI is InChI=1S/C16H12N2O/c1-2-11-19-15-8-4-3-7-13(15)14-12-18-10-6-5-9-16(18)17-14/h1,3-10,12H,11H2. The van der Waals surface area contributed by atoms with Crippen LogP contribution in [-0.2, 0) is 0 Å². The third-order valence-corrected chi connectivity index (χ3v) is 2.84. The first-order valence-corrected chi connectivity index (χ1v) is 5.98. The van der Waals surface area contributed by atoms with Crippen molar-refractivity contribution < 1.29 is 4.74 Å². The number of para-hydroxylation sites is 1. The zero-order valence-corrected chi connectivity index (χ0v) is 10.3. The van der Waals surface area contributed by atoms with Crippen molar-refractivity contribution in [1.29, 1.82) is 0 Å². The highest BCUT2D eigenvalue weighted by molar-refractivity contribution is 5.69. The quantitative estimate of drug-likeness (QED) is 0.666. The minimum Gasteiger partial charge on any atom is -0.480 e. The first-order valence-electron chi connectivity index (χ1n) is 5.98. The van der Waals surface area contributed by atoms with Crippen LogP contribution in [0.1, 0.15) is 0 Å². The molecule has 0 amide bonds. The fraction of sp³-hybridized carbons (Fsp3) is 0.0625. The van der Waals surface area contributed by atoms with E-state index in [-0.39, 0.29) is 6.61 Å². The molecule has 3 nitrogen and oxygen atoms in total. The topological polar surface area (TPSA) is 26.5 Å². The summed E-state index contributed by atoms with van der Waals surface area (Å²) in [5.41, 5.74) is 2.73. The molecule has 3 heteroatoms. The van der Waals surface area contributed by atoms with Crippen molar-refractivity contribution in [3.8, 4) is 29.4 Å². The normalized spacial score (nSPS) is 10.3. The second-order valence-electron chi connectivity index (χ2n) is 4.08. The van der Waals surface area contributed by atoms with Crippen molar-refractivity contribution >= 4 is 5.65 Å². The van der Waals surface area contributed by atoms with E-state index in [2.05, 4.69) is 10.9 Å². The minimum atomic E-state index is 0.254. The highest BCUT2D eigenvalue weighted by Gasteiger charge is 2.09. The van der Waals surface area contributed by atoms with Crippen LogP contribution in [0.25, 0.3) is 16.9 Å². The Morgan fingerprint density at radius 3 is 2.84 bits per heavy atom. The number of aromatic nitrogens is 2. The average molecular weight is 248 g/mol. The van der Waals surface area contributed by atoms with Gasteiger partial charge in [-0.3, -0.25) is 0 Å². The Kier molecular flexibility index (Phi) is 2.91. The molecule has 0 spiro atoms. The number of hydrogen-bond donors (Lipinski definition) is 0. The van der Waals surface area contributed by atoms with E-state index in [9.17, 15) is 0 Å². The van der Waals surface area contributed by atoms with Gasteiger partial charge in [-0.1, -0.05) is 24.1 Å². The Hall–Kier alpha value is -2.73. The molecule has 0 fully saturated rings. The molecule has 2 heterocycles. The van der Waals surface area contributed by atoms with Gasteiger partial charge in [0.1, 0.15) is 18.0 Å². The second kappa shape index (κ2) is 4.87. The maximum atomic E-state index is 5.55. The molecule has 2 aromatic heterocycles. The SMILES string of the molecule is C#CCOc1ccccc1-c1cn2ccccc2n1. The van der Waals surface area contributed by atoms with Crippen LogP contribution in [0.3, 0.4) is 0 Å². The molecule has 1 aromatic carbocycles. The average Bonchev–Trinajstić information content (AvgIpc) is 2.89. The smallest absolute Gasteiger partial charge is 0.148 e. The van der Waals surface area contributed by atoms with E-state index in [1.165, 1.54) is 0 Å². The Bertz CT molecular complexity index is 720. The van der Waals surface area contributed by atoms with Crippen molar-refractivity contribution in [2.75, 3.05) is 6.61 Å². The van der Waals surface area contributed by atoms with E-state index in [4.69, 9.17) is 11.2 Å². The predicted molar refractivity (Wildman–Crippen MR) is 75.0 cm³/mol. The van der Waals surface area contributed by atoms with Crippen molar-refractivity contribution in [2.24, 2.45) is 0 Å². The summed E-state index contributed by atoms with van der Waals surface area (Å²) in [5.74, 6) is 3.23. The number of terminal acetylenes is 1. The molecular weight excluding hydrogens is 236 g/mol. The number of fused-ring (bicyclic) bond motifs is 1. The lowest BCUT2D eigenvalue weighted by molar-refractivity contribution is 0.372. The number of benzene rings is 1. The Morgan fingerprint density at radius 1 is 1.16 bits per heavy atom. The first kappa shape index (κ1) is 11.4. The van der Waals surface area contributed by atoms with Crippen LogP contribution < -0.4 is 4.74 Å². The summed E-state index contributed by atoms with van der Waals surface area (Å²) >= 11 is 0. The van der Waals surface area contributed by atoms with Crippen molar-refractivity contribution in [3.05, 3.63) is 54.9 Å². The highest BCUT2D eigenvalue weighted by atomic mass is 16.5. The van der Waals surface area contributed by atoms with Gasteiger partial charge in [0.15, 0.2) is 0 Å². The highest BCUT2D eigenvalue weighted by Crippen LogP contribution is 2.29. The van der Waals surface area contributed by atoms with Gasteiger partial charge in [-0.05, 0) is 24.3 Å². The van der Waals surface area contributed by atoms with Crippen molar-refractivity contribution in [1.82, 2.24) is 9.38 Å². The molecule has 3 aromatic rings. The van der Waals surface area contributed by atoms with Crippen LogP contribution >= 0.6 is 0 Å². The molecular formula is C16H12N2O. The van der Waals surface area contributed by atoms with Gasteiger partial charge >= 0.3 is 0 Å². The maximum absolute atomic E-state index is 5.55. The summed E-state index contributed by atoms with van der Waals surface area (Å²) in [7, 11) is 0. The van der Waals surface area contributed by atoms with Crippen LogP contribution in [-0.4, -0.2) is 16.0 Å². The van der Waals surface area contributed by atoms with E-state index in [1.807, 2.05) is 59.3 Å². The summed E-state index contributed by atoms with van der Waals surface area (Å²) in [6, 6.07) is 13.7. The zero-order valence-electron chi connectivity index (χ0n) is 10.3. The fourth-order valence-corrected chi connectivity index (χ4v) is 1.99. The molecule has 0 aliphatic carbocycles.